The maximum absolute atomic E-state index is 5.94. The zero-order valence-electron chi connectivity index (χ0n) is 8.52. The van der Waals surface area contributed by atoms with Crippen molar-refractivity contribution in [2.45, 2.75) is 37.9 Å². The van der Waals surface area contributed by atoms with Crippen LogP contribution in [0.5, 0.6) is 0 Å². The second-order valence-electron chi connectivity index (χ2n) is 5.57. The van der Waals surface area contributed by atoms with Crippen molar-refractivity contribution in [1.29, 1.82) is 0 Å². The highest BCUT2D eigenvalue weighted by Crippen LogP contribution is 2.54. The fourth-order valence-corrected chi connectivity index (χ4v) is 4.53. The Kier molecular flexibility index (Phi) is 1.58. The van der Waals surface area contributed by atoms with Gasteiger partial charge in [0.15, 0.2) is 0 Å². The van der Waals surface area contributed by atoms with Gasteiger partial charge in [0, 0.05) is 0 Å². The van der Waals surface area contributed by atoms with Crippen molar-refractivity contribution in [3.05, 3.63) is 0 Å². The standard InChI is InChI=1S/C12H18O2/c1-3-9-12-8(6-14-9)2-4-10-11(12)7(1)5-13-10/h7-12H,1-6H2. The second kappa shape index (κ2) is 2.73. The molecule has 0 N–H and O–H groups in total. The molecule has 0 bridgehead atoms. The maximum Gasteiger partial charge on any atom is 0.0610 e. The molecular weight excluding hydrogens is 176 g/mol. The lowest BCUT2D eigenvalue weighted by Gasteiger charge is -2.42. The lowest BCUT2D eigenvalue weighted by atomic mass is 9.62. The molecule has 0 aromatic heterocycles. The smallest absolute Gasteiger partial charge is 0.0610 e. The minimum Gasteiger partial charge on any atom is -0.378 e. The topological polar surface area (TPSA) is 18.5 Å². The van der Waals surface area contributed by atoms with Crippen LogP contribution < -0.4 is 0 Å². The summed E-state index contributed by atoms with van der Waals surface area (Å²) in [6.07, 6.45) is 6.53. The largest absolute Gasteiger partial charge is 0.378 e. The highest BCUT2D eigenvalue weighted by Gasteiger charge is 2.55. The molecule has 2 nitrogen and oxygen atoms in total. The Bertz CT molecular complexity index is 203. The minimum absolute atomic E-state index is 0.603. The number of hydrogen-bond donors (Lipinski definition) is 0. The van der Waals surface area contributed by atoms with Crippen LogP contribution in [0, 0.1) is 23.7 Å². The van der Waals surface area contributed by atoms with Crippen molar-refractivity contribution in [2.24, 2.45) is 23.7 Å². The van der Waals surface area contributed by atoms with Gasteiger partial charge in [-0.3, -0.25) is 0 Å². The summed E-state index contributed by atoms with van der Waals surface area (Å²) in [5, 5.41) is 0. The quantitative estimate of drug-likeness (QED) is 0.586. The molecule has 4 fully saturated rings. The summed E-state index contributed by atoms with van der Waals surface area (Å²) in [5.74, 6) is 3.50. The van der Waals surface area contributed by atoms with Crippen molar-refractivity contribution < 1.29 is 9.47 Å². The monoisotopic (exact) mass is 194 g/mol. The van der Waals surface area contributed by atoms with Crippen LogP contribution in [0.3, 0.4) is 0 Å². The average Bonchev–Trinajstić information content (AvgIpc) is 2.77. The average molecular weight is 194 g/mol. The fraction of sp³-hybridized carbons (Fsp3) is 1.00. The van der Waals surface area contributed by atoms with Gasteiger partial charge in [0.05, 0.1) is 25.4 Å². The molecule has 4 aliphatic rings. The van der Waals surface area contributed by atoms with Gasteiger partial charge in [-0.15, -0.1) is 0 Å². The summed E-state index contributed by atoms with van der Waals surface area (Å²) < 4.78 is 11.9. The van der Waals surface area contributed by atoms with Crippen molar-refractivity contribution in [3.63, 3.8) is 0 Å². The van der Waals surface area contributed by atoms with Gasteiger partial charge in [-0.2, -0.15) is 0 Å². The molecule has 0 aromatic carbocycles. The van der Waals surface area contributed by atoms with Gasteiger partial charge >= 0.3 is 0 Å². The Balaban J connectivity index is 1.73. The van der Waals surface area contributed by atoms with Gasteiger partial charge < -0.3 is 9.47 Å². The molecule has 0 radical (unpaired) electrons. The van der Waals surface area contributed by atoms with E-state index in [2.05, 4.69) is 0 Å². The van der Waals surface area contributed by atoms with Crippen LogP contribution in [0.25, 0.3) is 0 Å². The molecule has 14 heavy (non-hydrogen) atoms. The minimum atomic E-state index is 0.603. The van der Waals surface area contributed by atoms with Gasteiger partial charge in [-0.05, 0) is 49.4 Å². The number of hydrogen-bond acceptors (Lipinski definition) is 2. The third kappa shape index (κ3) is 0.892. The molecule has 2 heteroatoms. The van der Waals surface area contributed by atoms with E-state index in [4.69, 9.17) is 9.47 Å². The third-order valence-corrected chi connectivity index (χ3v) is 5.08. The predicted octanol–water partition coefficient (Wildman–Crippen LogP) is 1.84. The summed E-state index contributed by atoms with van der Waals surface area (Å²) in [7, 11) is 0. The van der Waals surface area contributed by atoms with Crippen LogP contribution in [0.1, 0.15) is 25.7 Å². The van der Waals surface area contributed by atoms with E-state index in [1.54, 1.807) is 0 Å². The van der Waals surface area contributed by atoms with Gasteiger partial charge in [-0.1, -0.05) is 0 Å². The zero-order chi connectivity index (χ0) is 9.12. The summed E-state index contributed by atoms with van der Waals surface area (Å²) in [6, 6.07) is 0. The molecule has 0 aromatic rings. The fourth-order valence-electron chi connectivity index (χ4n) is 4.53. The first kappa shape index (κ1) is 8.12. The van der Waals surface area contributed by atoms with Crippen LogP contribution >= 0.6 is 0 Å². The lowest BCUT2D eigenvalue weighted by Crippen LogP contribution is -2.44. The Labute approximate surface area is 85.0 Å². The maximum atomic E-state index is 5.94. The molecule has 2 aliphatic heterocycles. The van der Waals surface area contributed by atoms with Gasteiger partial charge in [0.2, 0.25) is 0 Å². The van der Waals surface area contributed by atoms with Crippen LogP contribution in [-0.4, -0.2) is 25.4 Å². The Morgan fingerprint density at radius 2 is 1.14 bits per heavy atom. The number of rotatable bonds is 0. The van der Waals surface area contributed by atoms with E-state index in [-0.39, 0.29) is 0 Å². The molecule has 2 saturated heterocycles. The van der Waals surface area contributed by atoms with Crippen LogP contribution in [0.2, 0.25) is 0 Å². The van der Waals surface area contributed by atoms with Crippen molar-refractivity contribution in [3.8, 4) is 0 Å². The SMILES string of the molecule is C1CC2OCC3CCC4OCC1C4C32. The lowest BCUT2D eigenvalue weighted by molar-refractivity contribution is -0.00712. The molecule has 0 amide bonds. The molecule has 6 unspecified atom stereocenters. The molecule has 2 aliphatic carbocycles. The second-order valence-corrected chi connectivity index (χ2v) is 5.57. The van der Waals surface area contributed by atoms with Crippen molar-refractivity contribution in [2.75, 3.05) is 13.2 Å². The van der Waals surface area contributed by atoms with E-state index >= 15 is 0 Å². The van der Waals surface area contributed by atoms with Crippen LogP contribution in [-0.2, 0) is 9.47 Å². The Morgan fingerprint density at radius 1 is 0.643 bits per heavy atom. The summed E-state index contributed by atoms with van der Waals surface area (Å²) in [4.78, 5) is 0. The Morgan fingerprint density at radius 3 is 1.64 bits per heavy atom. The third-order valence-electron chi connectivity index (χ3n) is 5.08. The van der Waals surface area contributed by atoms with Gasteiger partial charge in [-0.25, -0.2) is 0 Å². The molecular formula is C12H18O2. The first-order valence-electron chi connectivity index (χ1n) is 6.16. The van der Waals surface area contributed by atoms with E-state index in [1.807, 2.05) is 0 Å². The first-order valence-corrected chi connectivity index (χ1v) is 6.16. The van der Waals surface area contributed by atoms with Crippen molar-refractivity contribution in [1.82, 2.24) is 0 Å². The highest BCUT2D eigenvalue weighted by molar-refractivity contribution is 5.03. The normalized spacial score (nSPS) is 60.0. The number of ether oxygens (including phenoxy) is 2. The summed E-state index contributed by atoms with van der Waals surface area (Å²) in [6.45, 7) is 2.09. The van der Waals surface area contributed by atoms with Crippen molar-refractivity contribution >= 4 is 0 Å². The van der Waals surface area contributed by atoms with Gasteiger partial charge in [0.1, 0.15) is 0 Å². The molecule has 0 spiro atoms. The van der Waals surface area contributed by atoms with Crippen LogP contribution in [0.15, 0.2) is 0 Å². The van der Waals surface area contributed by atoms with E-state index in [9.17, 15) is 0 Å². The highest BCUT2D eigenvalue weighted by atomic mass is 16.5. The molecule has 78 valence electrons. The molecule has 4 rings (SSSR count). The first-order chi connectivity index (χ1) is 6.93. The predicted molar refractivity (Wildman–Crippen MR) is 51.9 cm³/mol. The summed E-state index contributed by atoms with van der Waals surface area (Å²) >= 11 is 0. The van der Waals surface area contributed by atoms with E-state index in [0.29, 0.717) is 12.2 Å². The zero-order valence-corrected chi connectivity index (χ0v) is 8.52. The summed E-state index contributed by atoms with van der Waals surface area (Å²) in [5.41, 5.74) is 0. The van der Waals surface area contributed by atoms with Gasteiger partial charge in [0.25, 0.3) is 0 Å². The van der Waals surface area contributed by atoms with E-state index in [1.165, 1.54) is 25.7 Å². The van der Waals surface area contributed by atoms with Crippen LogP contribution in [0.4, 0.5) is 0 Å². The van der Waals surface area contributed by atoms with E-state index < -0.39 is 0 Å². The molecule has 2 saturated carbocycles. The van der Waals surface area contributed by atoms with E-state index in [0.717, 1.165) is 36.9 Å². The molecule has 6 atom stereocenters. The molecule has 2 heterocycles. The Hall–Kier alpha value is -0.0800.